The van der Waals surface area contributed by atoms with Crippen molar-refractivity contribution >= 4 is 38.9 Å². The van der Waals surface area contributed by atoms with Crippen LogP contribution in [-0.4, -0.2) is 0 Å². The predicted molar refractivity (Wildman–Crippen MR) is 78.3 cm³/mol. The van der Waals surface area contributed by atoms with E-state index in [0.29, 0.717) is 10.6 Å². The Bertz CT molecular complexity index is 632. The highest BCUT2D eigenvalue weighted by molar-refractivity contribution is 9.10. The SMILES string of the molecule is Cc1ccc(Cl)cc1Nc1cc(Br)ccc1C#N. The molecule has 0 aromatic heterocycles. The molecule has 1 N–H and O–H groups in total. The van der Waals surface area contributed by atoms with Crippen LogP contribution < -0.4 is 5.32 Å². The molecule has 0 heterocycles. The van der Waals surface area contributed by atoms with Crippen LogP contribution in [0.2, 0.25) is 5.02 Å². The van der Waals surface area contributed by atoms with Gasteiger partial charge in [0, 0.05) is 15.2 Å². The van der Waals surface area contributed by atoms with Crippen LogP contribution in [0.1, 0.15) is 11.1 Å². The number of anilines is 2. The average Bonchev–Trinajstić information content (AvgIpc) is 2.34. The number of rotatable bonds is 2. The van der Waals surface area contributed by atoms with Crippen molar-refractivity contribution in [2.24, 2.45) is 0 Å². The molecule has 0 aliphatic carbocycles. The van der Waals surface area contributed by atoms with Gasteiger partial charge in [0.2, 0.25) is 0 Å². The third kappa shape index (κ3) is 2.84. The van der Waals surface area contributed by atoms with E-state index >= 15 is 0 Å². The van der Waals surface area contributed by atoms with Crippen LogP contribution in [0.3, 0.4) is 0 Å². The Balaban J connectivity index is 2.43. The molecule has 0 spiro atoms. The van der Waals surface area contributed by atoms with Crippen molar-refractivity contribution in [2.45, 2.75) is 6.92 Å². The van der Waals surface area contributed by atoms with Crippen molar-refractivity contribution in [1.29, 1.82) is 5.26 Å². The van der Waals surface area contributed by atoms with E-state index in [9.17, 15) is 0 Å². The number of nitrogens with zero attached hydrogens (tertiary/aromatic N) is 1. The third-order valence-corrected chi connectivity index (χ3v) is 3.30. The Morgan fingerprint density at radius 3 is 2.67 bits per heavy atom. The van der Waals surface area contributed by atoms with Gasteiger partial charge in [-0.05, 0) is 42.8 Å². The Hall–Kier alpha value is -1.50. The van der Waals surface area contributed by atoms with Crippen molar-refractivity contribution in [2.75, 3.05) is 5.32 Å². The first kappa shape index (κ1) is 12.9. The van der Waals surface area contributed by atoms with Crippen LogP contribution in [-0.2, 0) is 0 Å². The molecule has 2 aromatic rings. The summed E-state index contributed by atoms with van der Waals surface area (Å²) in [5, 5.41) is 13.0. The maximum atomic E-state index is 9.08. The molecule has 0 fully saturated rings. The molecular formula is C14H10BrClN2. The second kappa shape index (κ2) is 5.43. The quantitative estimate of drug-likeness (QED) is 0.842. The Labute approximate surface area is 119 Å². The van der Waals surface area contributed by atoms with E-state index in [-0.39, 0.29) is 0 Å². The van der Waals surface area contributed by atoms with Crippen LogP contribution in [0.4, 0.5) is 11.4 Å². The highest BCUT2D eigenvalue weighted by atomic mass is 79.9. The molecular weight excluding hydrogens is 312 g/mol. The molecule has 90 valence electrons. The van der Waals surface area contributed by atoms with Gasteiger partial charge in [0.05, 0.1) is 11.3 Å². The number of benzene rings is 2. The van der Waals surface area contributed by atoms with Gasteiger partial charge in [-0.2, -0.15) is 5.26 Å². The molecule has 0 saturated carbocycles. The summed E-state index contributed by atoms with van der Waals surface area (Å²) in [5.41, 5.74) is 3.33. The molecule has 0 atom stereocenters. The first-order valence-corrected chi connectivity index (χ1v) is 6.50. The minimum Gasteiger partial charge on any atom is -0.354 e. The first-order chi connectivity index (χ1) is 8.60. The van der Waals surface area contributed by atoms with Gasteiger partial charge in [-0.3, -0.25) is 0 Å². The summed E-state index contributed by atoms with van der Waals surface area (Å²) in [6.45, 7) is 1.99. The average molecular weight is 322 g/mol. The van der Waals surface area contributed by atoms with Gasteiger partial charge in [0.1, 0.15) is 6.07 Å². The lowest BCUT2D eigenvalue weighted by Crippen LogP contribution is -1.96. The monoisotopic (exact) mass is 320 g/mol. The van der Waals surface area contributed by atoms with Crippen LogP contribution in [0.15, 0.2) is 40.9 Å². The van der Waals surface area contributed by atoms with Crippen molar-refractivity contribution in [3.63, 3.8) is 0 Å². The van der Waals surface area contributed by atoms with E-state index < -0.39 is 0 Å². The maximum Gasteiger partial charge on any atom is 0.101 e. The van der Waals surface area contributed by atoms with E-state index in [1.165, 1.54) is 0 Å². The summed E-state index contributed by atoms with van der Waals surface area (Å²) in [4.78, 5) is 0. The Kier molecular flexibility index (Phi) is 3.90. The summed E-state index contributed by atoms with van der Waals surface area (Å²) >= 11 is 9.37. The molecule has 2 rings (SSSR count). The summed E-state index contributed by atoms with van der Waals surface area (Å²) < 4.78 is 0.920. The summed E-state index contributed by atoms with van der Waals surface area (Å²) in [5.74, 6) is 0. The molecule has 0 radical (unpaired) electrons. The van der Waals surface area contributed by atoms with Gasteiger partial charge in [-0.15, -0.1) is 0 Å². The maximum absolute atomic E-state index is 9.08. The number of nitriles is 1. The highest BCUT2D eigenvalue weighted by Gasteiger charge is 2.05. The molecule has 0 unspecified atom stereocenters. The lowest BCUT2D eigenvalue weighted by molar-refractivity contribution is 1.41. The van der Waals surface area contributed by atoms with E-state index in [2.05, 4.69) is 27.3 Å². The second-order valence-corrected chi connectivity index (χ2v) is 5.24. The lowest BCUT2D eigenvalue weighted by atomic mass is 10.1. The molecule has 2 aromatic carbocycles. The normalized spacial score (nSPS) is 9.89. The van der Waals surface area contributed by atoms with Gasteiger partial charge in [0.15, 0.2) is 0 Å². The lowest BCUT2D eigenvalue weighted by Gasteiger charge is -2.11. The fourth-order valence-electron chi connectivity index (χ4n) is 1.59. The Morgan fingerprint density at radius 1 is 1.17 bits per heavy atom. The minimum absolute atomic E-state index is 0.595. The number of hydrogen-bond donors (Lipinski definition) is 1. The number of nitrogens with one attached hydrogen (secondary N) is 1. The van der Waals surface area contributed by atoms with Crippen molar-refractivity contribution in [3.8, 4) is 6.07 Å². The molecule has 0 amide bonds. The molecule has 0 saturated heterocycles. The number of hydrogen-bond acceptors (Lipinski definition) is 2. The van der Waals surface area contributed by atoms with Crippen LogP contribution in [0.25, 0.3) is 0 Å². The summed E-state index contributed by atoms with van der Waals surface area (Å²) in [7, 11) is 0. The second-order valence-electron chi connectivity index (χ2n) is 3.89. The summed E-state index contributed by atoms with van der Waals surface area (Å²) in [6.07, 6.45) is 0. The topological polar surface area (TPSA) is 35.8 Å². The van der Waals surface area contributed by atoms with Crippen LogP contribution >= 0.6 is 27.5 Å². The molecule has 0 aliphatic heterocycles. The fourth-order valence-corrected chi connectivity index (χ4v) is 2.12. The van der Waals surface area contributed by atoms with E-state index in [1.807, 2.05) is 37.3 Å². The van der Waals surface area contributed by atoms with Gasteiger partial charge in [-0.25, -0.2) is 0 Å². The fraction of sp³-hybridized carbons (Fsp3) is 0.0714. The summed E-state index contributed by atoms with van der Waals surface area (Å²) in [6, 6.07) is 13.3. The Morgan fingerprint density at radius 2 is 1.94 bits per heavy atom. The molecule has 0 aliphatic rings. The highest BCUT2D eigenvalue weighted by Crippen LogP contribution is 2.28. The van der Waals surface area contributed by atoms with E-state index in [4.69, 9.17) is 16.9 Å². The zero-order valence-electron chi connectivity index (χ0n) is 9.67. The van der Waals surface area contributed by atoms with Crippen molar-refractivity contribution in [1.82, 2.24) is 0 Å². The van der Waals surface area contributed by atoms with Gasteiger partial charge < -0.3 is 5.32 Å². The minimum atomic E-state index is 0.595. The zero-order chi connectivity index (χ0) is 13.1. The van der Waals surface area contributed by atoms with Crippen LogP contribution in [0.5, 0.6) is 0 Å². The first-order valence-electron chi connectivity index (χ1n) is 5.33. The molecule has 2 nitrogen and oxygen atoms in total. The van der Waals surface area contributed by atoms with Crippen molar-refractivity contribution in [3.05, 3.63) is 57.0 Å². The van der Waals surface area contributed by atoms with Crippen molar-refractivity contribution < 1.29 is 0 Å². The third-order valence-electron chi connectivity index (χ3n) is 2.57. The number of aryl methyl sites for hydroxylation is 1. The zero-order valence-corrected chi connectivity index (χ0v) is 12.0. The largest absolute Gasteiger partial charge is 0.354 e. The standard InChI is InChI=1S/C14H10BrClN2/c1-9-2-5-12(16)7-13(9)18-14-6-11(15)4-3-10(14)8-17/h2-7,18H,1H3. The molecule has 0 bridgehead atoms. The van der Waals surface area contributed by atoms with Gasteiger partial charge in [-0.1, -0.05) is 33.6 Å². The molecule has 18 heavy (non-hydrogen) atoms. The van der Waals surface area contributed by atoms with Crippen LogP contribution in [0, 0.1) is 18.3 Å². The van der Waals surface area contributed by atoms with Gasteiger partial charge in [0.25, 0.3) is 0 Å². The predicted octanol–water partition coefficient (Wildman–Crippen LogP) is 5.03. The smallest absolute Gasteiger partial charge is 0.101 e. The number of halogens is 2. The molecule has 4 heteroatoms. The van der Waals surface area contributed by atoms with E-state index in [1.54, 1.807) is 6.07 Å². The van der Waals surface area contributed by atoms with Gasteiger partial charge >= 0.3 is 0 Å². The van der Waals surface area contributed by atoms with E-state index in [0.717, 1.165) is 21.4 Å².